The van der Waals surface area contributed by atoms with Gasteiger partial charge in [0.2, 0.25) is 0 Å². The van der Waals surface area contributed by atoms with Gasteiger partial charge in [-0.3, -0.25) is 0 Å². The van der Waals surface area contributed by atoms with Crippen LogP contribution in [-0.4, -0.2) is 9.55 Å². The van der Waals surface area contributed by atoms with Gasteiger partial charge >= 0.3 is 0 Å². The molecule has 1 aromatic heterocycles. The topological polar surface area (TPSA) is 43.8 Å². The molecule has 14 heavy (non-hydrogen) atoms. The van der Waals surface area contributed by atoms with Crippen LogP contribution in [0.25, 0.3) is 11.0 Å². The predicted molar refractivity (Wildman–Crippen MR) is 53.3 cm³/mol. The maximum absolute atomic E-state index is 13.0. The van der Waals surface area contributed by atoms with E-state index in [1.54, 1.807) is 6.07 Å². The lowest BCUT2D eigenvalue weighted by molar-refractivity contribution is 0.627. The van der Waals surface area contributed by atoms with Crippen molar-refractivity contribution >= 4 is 11.0 Å². The van der Waals surface area contributed by atoms with Crippen LogP contribution in [0.3, 0.4) is 0 Å². The van der Waals surface area contributed by atoms with Gasteiger partial charge in [-0.05, 0) is 25.1 Å². The highest BCUT2D eigenvalue weighted by Crippen LogP contribution is 2.17. The van der Waals surface area contributed by atoms with Crippen molar-refractivity contribution in [2.75, 3.05) is 0 Å². The number of rotatable bonds is 2. The number of halogens is 1. The Morgan fingerprint density at radius 1 is 1.50 bits per heavy atom. The van der Waals surface area contributed by atoms with Crippen molar-refractivity contribution < 1.29 is 4.39 Å². The minimum absolute atomic E-state index is 0.240. The standard InChI is InChI=1S/C10H12FN3/c1-2-14-9-5-7(11)3-4-8(9)13-10(14)6-12/h3-5H,2,6,12H2,1H3. The van der Waals surface area contributed by atoms with Crippen LogP contribution in [0.1, 0.15) is 12.7 Å². The highest BCUT2D eigenvalue weighted by Gasteiger charge is 2.08. The molecule has 0 aliphatic carbocycles. The van der Waals surface area contributed by atoms with Crippen LogP contribution < -0.4 is 5.73 Å². The average Bonchev–Trinajstić information content (AvgIpc) is 2.54. The Kier molecular flexibility index (Phi) is 2.21. The summed E-state index contributed by atoms with van der Waals surface area (Å²) in [6.45, 7) is 3.13. The molecule has 0 amide bonds. The fourth-order valence-electron chi connectivity index (χ4n) is 1.65. The number of hydrogen-bond acceptors (Lipinski definition) is 2. The van der Waals surface area contributed by atoms with Crippen LogP contribution in [0.4, 0.5) is 4.39 Å². The van der Waals surface area contributed by atoms with Crippen molar-refractivity contribution in [1.82, 2.24) is 9.55 Å². The number of nitrogens with two attached hydrogens (primary N) is 1. The smallest absolute Gasteiger partial charge is 0.125 e. The van der Waals surface area contributed by atoms with E-state index in [4.69, 9.17) is 5.73 Å². The zero-order valence-electron chi connectivity index (χ0n) is 8.00. The molecule has 1 heterocycles. The number of imidazole rings is 1. The van der Waals surface area contributed by atoms with E-state index in [1.165, 1.54) is 12.1 Å². The lowest BCUT2D eigenvalue weighted by Crippen LogP contribution is -2.06. The zero-order valence-corrected chi connectivity index (χ0v) is 8.00. The monoisotopic (exact) mass is 193 g/mol. The van der Waals surface area contributed by atoms with Crippen molar-refractivity contribution in [1.29, 1.82) is 0 Å². The molecule has 0 aliphatic rings. The van der Waals surface area contributed by atoms with Gasteiger partial charge in [0.05, 0.1) is 17.6 Å². The summed E-state index contributed by atoms with van der Waals surface area (Å²) in [7, 11) is 0. The van der Waals surface area contributed by atoms with E-state index in [-0.39, 0.29) is 5.82 Å². The summed E-state index contributed by atoms with van der Waals surface area (Å²) in [5.41, 5.74) is 7.16. The summed E-state index contributed by atoms with van der Waals surface area (Å²) in [5, 5.41) is 0. The van der Waals surface area contributed by atoms with Gasteiger partial charge in [0.15, 0.2) is 0 Å². The molecule has 2 rings (SSSR count). The van der Waals surface area contributed by atoms with Crippen molar-refractivity contribution in [3.63, 3.8) is 0 Å². The Morgan fingerprint density at radius 2 is 2.29 bits per heavy atom. The quantitative estimate of drug-likeness (QED) is 0.788. The molecule has 0 spiro atoms. The summed E-state index contributed by atoms with van der Waals surface area (Å²) in [6.07, 6.45) is 0. The lowest BCUT2D eigenvalue weighted by atomic mass is 10.3. The number of hydrogen-bond donors (Lipinski definition) is 1. The van der Waals surface area contributed by atoms with E-state index < -0.39 is 0 Å². The molecule has 0 fully saturated rings. The first-order valence-corrected chi connectivity index (χ1v) is 4.61. The Labute approximate surface area is 81.4 Å². The number of aromatic nitrogens is 2. The summed E-state index contributed by atoms with van der Waals surface area (Å²) >= 11 is 0. The van der Waals surface area contributed by atoms with Gasteiger partial charge in [0.25, 0.3) is 0 Å². The molecule has 0 aliphatic heterocycles. The van der Waals surface area contributed by atoms with Gasteiger partial charge in [-0.25, -0.2) is 9.37 Å². The van der Waals surface area contributed by atoms with Crippen molar-refractivity contribution in [3.05, 3.63) is 29.8 Å². The van der Waals surface area contributed by atoms with Crippen LogP contribution in [0.5, 0.6) is 0 Å². The van der Waals surface area contributed by atoms with E-state index in [9.17, 15) is 4.39 Å². The van der Waals surface area contributed by atoms with Gasteiger partial charge in [-0.2, -0.15) is 0 Å². The molecule has 0 bridgehead atoms. The Hall–Kier alpha value is -1.42. The Morgan fingerprint density at radius 3 is 2.93 bits per heavy atom. The zero-order chi connectivity index (χ0) is 10.1. The molecule has 0 saturated carbocycles. The van der Waals surface area contributed by atoms with Crippen LogP contribution in [0.15, 0.2) is 18.2 Å². The van der Waals surface area contributed by atoms with Crippen molar-refractivity contribution in [2.24, 2.45) is 5.73 Å². The third-order valence-electron chi connectivity index (χ3n) is 2.29. The Balaban J connectivity index is 2.74. The third kappa shape index (κ3) is 1.28. The van der Waals surface area contributed by atoms with E-state index >= 15 is 0 Å². The van der Waals surface area contributed by atoms with Gasteiger partial charge < -0.3 is 10.3 Å². The molecule has 0 saturated heterocycles. The van der Waals surface area contributed by atoms with E-state index in [0.717, 1.165) is 23.4 Å². The van der Waals surface area contributed by atoms with Crippen LogP contribution in [0, 0.1) is 5.82 Å². The van der Waals surface area contributed by atoms with Gasteiger partial charge in [-0.1, -0.05) is 0 Å². The first-order chi connectivity index (χ1) is 6.76. The van der Waals surface area contributed by atoms with E-state index in [1.807, 2.05) is 11.5 Å². The second-order valence-corrected chi connectivity index (χ2v) is 3.11. The van der Waals surface area contributed by atoms with E-state index in [2.05, 4.69) is 4.98 Å². The van der Waals surface area contributed by atoms with Gasteiger partial charge in [0.1, 0.15) is 11.6 Å². The number of fused-ring (bicyclic) bond motifs is 1. The average molecular weight is 193 g/mol. The molecular formula is C10H12FN3. The largest absolute Gasteiger partial charge is 0.327 e. The second-order valence-electron chi connectivity index (χ2n) is 3.11. The van der Waals surface area contributed by atoms with Crippen LogP contribution in [0.2, 0.25) is 0 Å². The summed E-state index contributed by atoms with van der Waals surface area (Å²) in [5.74, 6) is 0.559. The minimum atomic E-state index is -0.240. The normalized spacial score (nSPS) is 11.1. The second kappa shape index (κ2) is 3.38. The number of nitrogens with zero attached hydrogens (tertiary/aromatic N) is 2. The minimum Gasteiger partial charge on any atom is -0.327 e. The fraction of sp³-hybridized carbons (Fsp3) is 0.300. The first kappa shape index (κ1) is 9.15. The van der Waals surface area contributed by atoms with Crippen LogP contribution >= 0.6 is 0 Å². The summed E-state index contributed by atoms with van der Waals surface area (Å²) in [6, 6.07) is 4.58. The predicted octanol–water partition coefficient (Wildman–Crippen LogP) is 1.65. The molecule has 2 N–H and O–H groups in total. The molecular weight excluding hydrogens is 181 g/mol. The molecule has 0 radical (unpaired) electrons. The first-order valence-electron chi connectivity index (χ1n) is 4.61. The number of benzene rings is 1. The summed E-state index contributed by atoms with van der Waals surface area (Å²) < 4.78 is 14.9. The maximum atomic E-state index is 13.0. The Bertz CT molecular complexity index is 462. The SMILES string of the molecule is CCn1c(CN)nc2ccc(F)cc21. The highest BCUT2D eigenvalue weighted by atomic mass is 19.1. The maximum Gasteiger partial charge on any atom is 0.125 e. The van der Waals surface area contributed by atoms with Crippen molar-refractivity contribution in [3.8, 4) is 0 Å². The fourth-order valence-corrected chi connectivity index (χ4v) is 1.65. The summed E-state index contributed by atoms with van der Waals surface area (Å²) in [4.78, 5) is 4.31. The van der Waals surface area contributed by atoms with E-state index in [0.29, 0.717) is 6.54 Å². The molecule has 4 heteroatoms. The molecule has 1 aromatic carbocycles. The van der Waals surface area contributed by atoms with Crippen molar-refractivity contribution in [2.45, 2.75) is 20.0 Å². The molecule has 2 aromatic rings. The molecule has 0 unspecified atom stereocenters. The van der Waals surface area contributed by atoms with Gasteiger partial charge in [0, 0.05) is 6.54 Å². The van der Waals surface area contributed by atoms with Crippen LogP contribution in [-0.2, 0) is 13.1 Å². The molecule has 74 valence electrons. The molecule has 3 nitrogen and oxygen atoms in total. The third-order valence-corrected chi connectivity index (χ3v) is 2.29. The number of aryl methyl sites for hydroxylation is 1. The lowest BCUT2D eigenvalue weighted by Gasteiger charge is -2.02. The van der Waals surface area contributed by atoms with Gasteiger partial charge in [-0.15, -0.1) is 0 Å². The highest BCUT2D eigenvalue weighted by molar-refractivity contribution is 5.76. The molecule has 0 atom stereocenters.